The lowest BCUT2D eigenvalue weighted by Gasteiger charge is -2.27. The Morgan fingerprint density at radius 2 is 1.75 bits per heavy atom. The van der Waals surface area contributed by atoms with Crippen LogP contribution in [0.4, 0.5) is 17.6 Å². The molecule has 0 aromatic heterocycles. The van der Waals surface area contributed by atoms with Crippen molar-refractivity contribution in [3.05, 3.63) is 0 Å². The van der Waals surface area contributed by atoms with Crippen LogP contribution in [0.5, 0.6) is 0 Å². The maximum atomic E-state index is 12.4. The van der Waals surface area contributed by atoms with Gasteiger partial charge in [-0.25, -0.2) is 4.39 Å². The van der Waals surface area contributed by atoms with Crippen LogP contribution in [-0.2, 0) is 0 Å². The van der Waals surface area contributed by atoms with Gasteiger partial charge in [-0.3, -0.25) is 0 Å². The van der Waals surface area contributed by atoms with E-state index in [1.165, 1.54) is 0 Å². The molecule has 2 atom stereocenters. The van der Waals surface area contributed by atoms with Crippen LogP contribution in [0.2, 0.25) is 0 Å². The lowest BCUT2D eigenvalue weighted by atomic mass is 9.98. The maximum Gasteiger partial charge on any atom is 0.393 e. The van der Waals surface area contributed by atoms with Crippen molar-refractivity contribution in [3.63, 3.8) is 0 Å². The zero-order valence-electron chi connectivity index (χ0n) is 6.20. The largest absolute Gasteiger partial charge is 0.393 e. The van der Waals surface area contributed by atoms with E-state index >= 15 is 0 Å². The van der Waals surface area contributed by atoms with Crippen molar-refractivity contribution >= 4 is 12.4 Å². The molecule has 0 spiro atoms. The Bertz CT molecular complexity index is 138. The van der Waals surface area contributed by atoms with Gasteiger partial charge in [-0.05, 0) is 6.42 Å². The van der Waals surface area contributed by atoms with E-state index in [-0.39, 0.29) is 25.5 Å². The molecule has 0 aliphatic carbocycles. The molecule has 1 aliphatic rings. The molecule has 0 aromatic rings. The number of nitrogens with one attached hydrogen (secondary N) is 1. The quantitative estimate of drug-likeness (QED) is 0.599. The van der Waals surface area contributed by atoms with Gasteiger partial charge in [0.1, 0.15) is 6.17 Å². The van der Waals surface area contributed by atoms with Crippen molar-refractivity contribution in [2.24, 2.45) is 5.92 Å². The first-order chi connectivity index (χ1) is 5.00. The summed E-state index contributed by atoms with van der Waals surface area (Å²) in [5, 5.41) is 2.40. The molecule has 0 saturated carbocycles. The molecule has 0 unspecified atom stereocenters. The minimum Gasteiger partial charge on any atom is -0.313 e. The van der Waals surface area contributed by atoms with Crippen molar-refractivity contribution in [2.75, 3.05) is 13.1 Å². The highest BCUT2D eigenvalue weighted by Gasteiger charge is 2.42. The second kappa shape index (κ2) is 4.28. The minimum atomic E-state index is -4.25. The number of alkyl halides is 4. The Labute approximate surface area is 73.9 Å². The van der Waals surface area contributed by atoms with Crippen molar-refractivity contribution < 1.29 is 17.6 Å². The molecule has 0 aromatic carbocycles. The Kier molecular flexibility index (Phi) is 4.26. The summed E-state index contributed by atoms with van der Waals surface area (Å²) in [4.78, 5) is 0. The molecule has 1 N–H and O–H groups in total. The average Bonchev–Trinajstić information content (AvgIpc) is 1.86. The van der Waals surface area contributed by atoms with Gasteiger partial charge in [0, 0.05) is 13.1 Å². The molecule has 0 radical (unpaired) electrons. The van der Waals surface area contributed by atoms with Crippen LogP contribution in [0.25, 0.3) is 0 Å². The summed E-state index contributed by atoms with van der Waals surface area (Å²) < 4.78 is 48.1. The highest BCUT2D eigenvalue weighted by molar-refractivity contribution is 5.85. The molecule has 12 heavy (non-hydrogen) atoms. The van der Waals surface area contributed by atoms with E-state index in [1.54, 1.807) is 0 Å². The van der Waals surface area contributed by atoms with E-state index in [1.807, 2.05) is 0 Å². The molecule has 1 rings (SSSR count). The Hall–Kier alpha value is -0.0300. The summed E-state index contributed by atoms with van der Waals surface area (Å²) in [7, 11) is 0. The number of hydrogen-bond acceptors (Lipinski definition) is 1. The lowest BCUT2D eigenvalue weighted by molar-refractivity contribution is -0.182. The molecular formula is C6H10ClF4N. The second-order valence-corrected chi connectivity index (χ2v) is 2.73. The average molecular weight is 208 g/mol. The van der Waals surface area contributed by atoms with Gasteiger partial charge in [0.25, 0.3) is 0 Å². The van der Waals surface area contributed by atoms with Gasteiger partial charge in [0.2, 0.25) is 0 Å². The number of rotatable bonds is 0. The Morgan fingerprint density at radius 3 is 2.08 bits per heavy atom. The number of hydrogen-bond donors (Lipinski definition) is 1. The summed E-state index contributed by atoms with van der Waals surface area (Å²) in [6, 6.07) is 0. The van der Waals surface area contributed by atoms with Crippen LogP contribution in [0, 0.1) is 5.92 Å². The first kappa shape index (κ1) is 12.0. The van der Waals surface area contributed by atoms with E-state index in [2.05, 4.69) is 5.32 Å². The van der Waals surface area contributed by atoms with Crippen LogP contribution in [-0.4, -0.2) is 25.4 Å². The molecule has 0 bridgehead atoms. The monoisotopic (exact) mass is 207 g/mol. The first-order valence-corrected chi connectivity index (χ1v) is 3.41. The summed E-state index contributed by atoms with van der Waals surface area (Å²) in [5.74, 6) is -1.51. The number of halogens is 5. The summed E-state index contributed by atoms with van der Waals surface area (Å²) in [6.07, 6.45) is -6.00. The summed E-state index contributed by atoms with van der Waals surface area (Å²) >= 11 is 0. The molecule has 74 valence electrons. The van der Waals surface area contributed by atoms with Crippen LogP contribution < -0.4 is 5.32 Å². The highest BCUT2D eigenvalue weighted by Crippen LogP contribution is 2.31. The van der Waals surface area contributed by atoms with Crippen LogP contribution >= 0.6 is 12.4 Å². The van der Waals surface area contributed by atoms with Crippen LogP contribution in [0.1, 0.15) is 6.42 Å². The first-order valence-electron chi connectivity index (χ1n) is 3.41. The van der Waals surface area contributed by atoms with Gasteiger partial charge < -0.3 is 5.32 Å². The fraction of sp³-hybridized carbons (Fsp3) is 1.00. The molecule has 1 heterocycles. The summed E-state index contributed by atoms with van der Waals surface area (Å²) in [5.41, 5.74) is 0. The zero-order chi connectivity index (χ0) is 8.48. The molecule has 1 saturated heterocycles. The fourth-order valence-electron chi connectivity index (χ4n) is 1.14. The highest BCUT2D eigenvalue weighted by atomic mass is 35.5. The molecule has 1 fully saturated rings. The van der Waals surface area contributed by atoms with Gasteiger partial charge in [-0.1, -0.05) is 0 Å². The number of piperidine rings is 1. The third kappa shape index (κ3) is 3.15. The lowest BCUT2D eigenvalue weighted by Crippen LogP contribution is -2.43. The topological polar surface area (TPSA) is 12.0 Å². The molecule has 6 heteroatoms. The van der Waals surface area contributed by atoms with Crippen LogP contribution in [0.15, 0.2) is 0 Å². The van der Waals surface area contributed by atoms with E-state index in [0.29, 0.717) is 0 Å². The summed E-state index contributed by atoms with van der Waals surface area (Å²) in [6.45, 7) is -0.101. The molecular weight excluding hydrogens is 198 g/mol. The van der Waals surface area contributed by atoms with Crippen molar-refractivity contribution in [1.82, 2.24) is 5.32 Å². The van der Waals surface area contributed by atoms with Crippen molar-refractivity contribution in [1.29, 1.82) is 0 Å². The van der Waals surface area contributed by atoms with Gasteiger partial charge in [-0.2, -0.15) is 13.2 Å². The van der Waals surface area contributed by atoms with Crippen molar-refractivity contribution in [3.8, 4) is 0 Å². The van der Waals surface area contributed by atoms with Gasteiger partial charge in [0.15, 0.2) is 0 Å². The fourth-order valence-corrected chi connectivity index (χ4v) is 1.14. The molecule has 1 aliphatic heterocycles. The smallest absolute Gasteiger partial charge is 0.313 e. The predicted molar refractivity (Wildman–Crippen MR) is 39.2 cm³/mol. The normalized spacial score (nSPS) is 31.0. The zero-order valence-corrected chi connectivity index (χ0v) is 7.01. The van der Waals surface area contributed by atoms with Gasteiger partial charge in [-0.15, -0.1) is 12.4 Å². The predicted octanol–water partition coefficient (Wildman–Crippen LogP) is 1.92. The standard InChI is InChI=1S/C6H9F4N.ClH/c7-5-1-4(2-11-3-5)6(8,9)10;/h4-5,11H,1-3H2;1H/t4-,5+;/m0./s1. The maximum absolute atomic E-state index is 12.4. The van der Waals surface area contributed by atoms with Gasteiger partial charge in [0.05, 0.1) is 5.92 Å². The third-order valence-corrected chi connectivity index (χ3v) is 1.76. The van der Waals surface area contributed by atoms with Gasteiger partial charge >= 0.3 is 6.18 Å². The Morgan fingerprint density at radius 1 is 1.17 bits per heavy atom. The van der Waals surface area contributed by atoms with E-state index < -0.39 is 24.7 Å². The minimum absolute atomic E-state index is 0. The van der Waals surface area contributed by atoms with E-state index in [9.17, 15) is 17.6 Å². The molecule has 1 nitrogen and oxygen atoms in total. The van der Waals surface area contributed by atoms with E-state index in [0.717, 1.165) is 0 Å². The van der Waals surface area contributed by atoms with E-state index in [4.69, 9.17) is 0 Å². The third-order valence-electron chi connectivity index (χ3n) is 1.76. The molecule has 0 amide bonds. The second-order valence-electron chi connectivity index (χ2n) is 2.73. The Balaban J connectivity index is 0.00000121. The van der Waals surface area contributed by atoms with Crippen LogP contribution in [0.3, 0.4) is 0 Å². The van der Waals surface area contributed by atoms with Crippen molar-refractivity contribution in [2.45, 2.75) is 18.8 Å². The SMILES string of the molecule is Cl.F[C@H]1CNC[C@@H](C(F)(F)F)C1.